The minimum atomic E-state index is -0.499. The van der Waals surface area contributed by atoms with Gasteiger partial charge >= 0.3 is 0 Å². The van der Waals surface area contributed by atoms with E-state index in [1.54, 1.807) is 30.0 Å². The average Bonchev–Trinajstić information content (AvgIpc) is 2.70. The number of hydrogen-bond acceptors (Lipinski definition) is 5. The van der Waals surface area contributed by atoms with Gasteiger partial charge in [-0.15, -0.1) is 0 Å². The molecule has 1 N–H and O–H groups in total. The van der Waals surface area contributed by atoms with E-state index >= 15 is 0 Å². The monoisotopic (exact) mass is 391 g/mol. The number of nitro groups is 1. The van der Waals surface area contributed by atoms with Gasteiger partial charge in [0.25, 0.3) is 5.69 Å². The largest absolute Gasteiger partial charge is 0.273 e. The molecule has 0 spiro atoms. The Morgan fingerprint density at radius 1 is 0.964 bits per heavy atom. The molecular formula is C21H17N3O3S. The fourth-order valence-electron chi connectivity index (χ4n) is 2.48. The van der Waals surface area contributed by atoms with Crippen LogP contribution in [0.25, 0.3) is 0 Å². The van der Waals surface area contributed by atoms with E-state index < -0.39 is 10.8 Å². The second-order valence-electron chi connectivity index (χ2n) is 5.84. The van der Waals surface area contributed by atoms with E-state index in [4.69, 9.17) is 0 Å². The molecule has 0 aromatic heterocycles. The molecule has 3 aromatic carbocycles. The van der Waals surface area contributed by atoms with E-state index in [2.05, 4.69) is 10.5 Å². The van der Waals surface area contributed by atoms with Gasteiger partial charge in [0.15, 0.2) is 0 Å². The second-order valence-corrected chi connectivity index (χ2v) is 6.99. The highest BCUT2D eigenvalue weighted by Crippen LogP contribution is 2.27. The van der Waals surface area contributed by atoms with E-state index in [1.165, 1.54) is 12.3 Å². The molecular weight excluding hydrogens is 374 g/mol. The molecule has 6 nitrogen and oxygen atoms in total. The number of benzene rings is 3. The number of carbonyl (C=O) groups is 1. The Bertz CT molecular complexity index is 989. The minimum absolute atomic E-state index is 0.0758. The van der Waals surface area contributed by atoms with Crippen molar-refractivity contribution in [2.45, 2.75) is 16.2 Å². The summed E-state index contributed by atoms with van der Waals surface area (Å²) in [5, 5.41) is 14.9. The van der Waals surface area contributed by atoms with Crippen molar-refractivity contribution in [3.63, 3.8) is 0 Å². The Morgan fingerprint density at radius 2 is 1.61 bits per heavy atom. The summed E-state index contributed by atoms with van der Waals surface area (Å²) < 4.78 is 0. The molecule has 0 bridgehead atoms. The zero-order valence-electron chi connectivity index (χ0n) is 14.8. The van der Waals surface area contributed by atoms with Gasteiger partial charge in [-0.2, -0.15) is 5.10 Å². The van der Waals surface area contributed by atoms with Crippen LogP contribution in [0.4, 0.5) is 5.69 Å². The summed E-state index contributed by atoms with van der Waals surface area (Å²) in [6, 6.07) is 24.0. The van der Waals surface area contributed by atoms with E-state index in [0.29, 0.717) is 5.56 Å². The van der Waals surface area contributed by atoms with Crippen LogP contribution < -0.4 is 5.43 Å². The lowest BCUT2D eigenvalue weighted by Crippen LogP contribution is -2.20. The van der Waals surface area contributed by atoms with Gasteiger partial charge in [-0.1, -0.05) is 60.3 Å². The number of rotatable bonds is 7. The molecule has 140 valence electrons. The molecule has 0 aliphatic rings. The number of nitrogens with zero attached hydrogens (tertiary/aromatic N) is 2. The maximum absolute atomic E-state index is 12.0. The van der Waals surface area contributed by atoms with Crippen molar-refractivity contribution in [1.82, 2.24) is 5.43 Å². The summed E-state index contributed by atoms with van der Waals surface area (Å²) in [7, 11) is 0. The molecule has 0 unspecified atom stereocenters. The van der Waals surface area contributed by atoms with E-state index in [9.17, 15) is 14.9 Å². The van der Waals surface area contributed by atoms with Crippen LogP contribution in [0.2, 0.25) is 0 Å². The minimum Gasteiger partial charge on any atom is -0.273 e. The van der Waals surface area contributed by atoms with Crippen molar-refractivity contribution in [3.8, 4) is 0 Å². The summed E-state index contributed by atoms with van der Waals surface area (Å²) in [4.78, 5) is 24.7. The van der Waals surface area contributed by atoms with E-state index in [1.807, 2.05) is 54.6 Å². The van der Waals surface area contributed by atoms with E-state index in [0.717, 1.165) is 15.4 Å². The normalized spacial score (nSPS) is 10.7. The van der Waals surface area contributed by atoms with Crippen LogP contribution in [0.15, 0.2) is 93.8 Å². The highest BCUT2D eigenvalue weighted by Gasteiger charge is 2.14. The molecule has 0 aliphatic heterocycles. The van der Waals surface area contributed by atoms with Gasteiger partial charge in [-0.25, -0.2) is 5.43 Å². The fourth-order valence-corrected chi connectivity index (χ4v) is 3.31. The number of para-hydroxylation sites is 1. The number of carbonyl (C=O) groups excluding carboxylic acids is 1. The Morgan fingerprint density at radius 3 is 2.32 bits per heavy atom. The lowest BCUT2D eigenvalue weighted by Gasteiger charge is -2.03. The Labute approximate surface area is 166 Å². The zero-order valence-corrected chi connectivity index (χ0v) is 15.6. The van der Waals surface area contributed by atoms with Gasteiger partial charge in [0.2, 0.25) is 5.91 Å². The van der Waals surface area contributed by atoms with Crippen molar-refractivity contribution >= 4 is 29.6 Å². The maximum atomic E-state index is 12.0. The van der Waals surface area contributed by atoms with Gasteiger partial charge in [-0.3, -0.25) is 14.9 Å². The molecule has 3 aromatic rings. The Balaban J connectivity index is 1.54. The highest BCUT2D eigenvalue weighted by atomic mass is 32.2. The molecule has 0 saturated heterocycles. The van der Waals surface area contributed by atoms with Crippen molar-refractivity contribution in [1.29, 1.82) is 0 Å². The number of hydrazone groups is 1. The first-order chi connectivity index (χ1) is 13.6. The first-order valence-corrected chi connectivity index (χ1v) is 9.30. The fraction of sp³-hybridized carbons (Fsp3) is 0.0476. The lowest BCUT2D eigenvalue weighted by molar-refractivity contribution is -0.385. The molecule has 0 fully saturated rings. The van der Waals surface area contributed by atoms with Crippen LogP contribution in [0.3, 0.4) is 0 Å². The third-order valence-electron chi connectivity index (χ3n) is 3.80. The first-order valence-electron chi connectivity index (χ1n) is 8.49. The summed E-state index contributed by atoms with van der Waals surface area (Å²) in [5.41, 5.74) is 3.51. The average molecular weight is 391 g/mol. The van der Waals surface area contributed by atoms with Crippen LogP contribution in [0.1, 0.15) is 11.1 Å². The summed E-state index contributed by atoms with van der Waals surface area (Å²) >= 11 is 1.66. The number of nitrogens with one attached hydrogen (secondary N) is 1. The second kappa shape index (κ2) is 9.48. The van der Waals surface area contributed by atoms with Gasteiger partial charge in [-0.05, 0) is 29.8 Å². The van der Waals surface area contributed by atoms with Crippen LogP contribution in [-0.2, 0) is 11.2 Å². The molecule has 3 rings (SSSR count). The lowest BCUT2D eigenvalue weighted by atomic mass is 10.1. The Kier molecular flexibility index (Phi) is 6.54. The molecule has 0 atom stereocenters. The third kappa shape index (κ3) is 5.52. The van der Waals surface area contributed by atoms with Crippen LogP contribution >= 0.6 is 11.8 Å². The van der Waals surface area contributed by atoms with Gasteiger partial charge in [0, 0.05) is 21.4 Å². The van der Waals surface area contributed by atoms with Gasteiger partial charge in [0.05, 0.1) is 17.6 Å². The summed E-state index contributed by atoms with van der Waals surface area (Å²) in [6.45, 7) is 0. The maximum Gasteiger partial charge on any atom is 0.273 e. The van der Waals surface area contributed by atoms with Crippen molar-refractivity contribution < 1.29 is 9.72 Å². The zero-order chi connectivity index (χ0) is 19.8. The topological polar surface area (TPSA) is 84.6 Å². The van der Waals surface area contributed by atoms with Gasteiger partial charge in [0.1, 0.15) is 0 Å². The Hall–Kier alpha value is -3.45. The smallest absolute Gasteiger partial charge is 0.273 e. The van der Waals surface area contributed by atoms with E-state index in [-0.39, 0.29) is 12.1 Å². The summed E-state index contributed by atoms with van der Waals surface area (Å²) in [5.74, 6) is -0.415. The quantitative estimate of drug-likeness (QED) is 0.367. The third-order valence-corrected chi connectivity index (χ3v) is 4.82. The number of amides is 1. The van der Waals surface area contributed by atoms with Crippen molar-refractivity contribution in [2.75, 3.05) is 0 Å². The predicted molar refractivity (Wildman–Crippen MR) is 110 cm³/mol. The van der Waals surface area contributed by atoms with Gasteiger partial charge < -0.3 is 0 Å². The molecule has 7 heteroatoms. The molecule has 0 saturated carbocycles. The summed E-state index contributed by atoms with van der Waals surface area (Å²) in [6.07, 6.45) is 1.43. The number of nitro benzene ring substituents is 1. The van der Waals surface area contributed by atoms with Crippen LogP contribution in [-0.4, -0.2) is 17.0 Å². The first kappa shape index (κ1) is 19.3. The van der Waals surface area contributed by atoms with Crippen LogP contribution in [0.5, 0.6) is 0 Å². The molecule has 0 heterocycles. The molecule has 28 heavy (non-hydrogen) atoms. The molecule has 0 aliphatic carbocycles. The predicted octanol–water partition coefficient (Wildman–Crippen LogP) is 4.44. The SMILES string of the molecule is O=C(Cc1ccccc1[N+](=O)[O-])N/N=C/c1ccc(Sc2ccccc2)cc1. The standard InChI is InChI=1S/C21H17N3O3S/c25-21(14-17-6-4-5-9-20(17)24(26)27)23-22-15-16-10-12-19(13-11-16)28-18-7-2-1-3-8-18/h1-13,15H,14H2,(H,23,25)/b22-15+. The van der Waals surface area contributed by atoms with Crippen LogP contribution in [0, 0.1) is 10.1 Å². The molecule has 1 amide bonds. The highest BCUT2D eigenvalue weighted by molar-refractivity contribution is 7.99. The van der Waals surface area contributed by atoms with Crippen molar-refractivity contribution in [2.24, 2.45) is 5.10 Å². The number of hydrogen-bond donors (Lipinski definition) is 1. The van der Waals surface area contributed by atoms with Crippen molar-refractivity contribution in [3.05, 3.63) is 100 Å². The molecule has 0 radical (unpaired) electrons.